The van der Waals surface area contributed by atoms with Crippen LogP contribution in [0.4, 0.5) is 0 Å². The molecule has 0 bridgehead atoms. The second-order valence-electron chi connectivity index (χ2n) is 6.30. The fourth-order valence-corrected chi connectivity index (χ4v) is 3.06. The van der Waals surface area contributed by atoms with Crippen LogP contribution in [0.15, 0.2) is 24.3 Å². The highest BCUT2D eigenvalue weighted by Crippen LogP contribution is 2.38. The summed E-state index contributed by atoms with van der Waals surface area (Å²) in [6.45, 7) is 8.36. The van der Waals surface area contributed by atoms with E-state index in [1.807, 2.05) is 17.0 Å². The zero-order valence-corrected chi connectivity index (χ0v) is 12.3. The normalized spacial score (nSPS) is 24.1. The predicted octanol–water partition coefficient (Wildman–Crippen LogP) is 2.65. The standard InChI is InChI=1S/C16H24N2O/c1-5-11-8-6-7-9-12(11)15-13(17)10-14(19)18(15)16(2,3)4/h6-9,13,15H,5,10,17H2,1-4H3. The molecule has 1 aliphatic rings. The molecule has 104 valence electrons. The van der Waals surface area contributed by atoms with Gasteiger partial charge in [0, 0.05) is 18.0 Å². The lowest BCUT2D eigenvalue weighted by Gasteiger charge is -2.39. The molecule has 0 aliphatic carbocycles. The first-order valence-electron chi connectivity index (χ1n) is 7.01. The highest BCUT2D eigenvalue weighted by Gasteiger charge is 2.44. The monoisotopic (exact) mass is 260 g/mol. The smallest absolute Gasteiger partial charge is 0.225 e. The molecule has 2 N–H and O–H groups in total. The van der Waals surface area contributed by atoms with Crippen LogP contribution < -0.4 is 5.73 Å². The van der Waals surface area contributed by atoms with Crippen molar-refractivity contribution in [1.29, 1.82) is 0 Å². The number of carbonyl (C=O) groups excluding carboxylic acids is 1. The number of rotatable bonds is 2. The van der Waals surface area contributed by atoms with Crippen molar-refractivity contribution in [2.75, 3.05) is 0 Å². The largest absolute Gasteiger partial charge is 0.329 e. The van der Waals surface area contributed by atoms with Gasteiger partial charge in [0.15, 0.2) is 0 Å². The molecule has 1 aliphatic heterocycles. The number of amides is 1. The molecule has 2 atom stereocenters. The highest BCUT2D eigenvalue weighted by atomic mass is 16.2. The fraction of sp³-hybridized carbons (Fsp3) is 0.562. The molecule has 1 fully saturated rings. The third kappa shape index (κ3) is 2.52. The van der Waals surface area contributed by atoms with Gasteiger partial charge in [-0.05, 0) is 38.3 Å². The second kappa shape index (κ2) is 4.97. The van der Waals surface area contributed by atoms with Gasteiger partial charge in [0.05, 0.1) is 6.04 Å². The number of aryl methyl sites for hydroxylation is 1. The molecule has 3 heteroatoms. The van der Waals surface area contributed by atoms with Crippen LogP contribution in [0.5, 0.6) is 0 Å². The molecular weight excluding hydrogens is 236 g/mol. The molecule has 0 aromatic heterocycles. The minimum absolute atomic E-state index is 0.00338. The number of benzene rings is 1. The SMILES string of the molecule is CCc1ccccc1C1C(N)CC(=O)N1C(C)(C)C. The Morgan fingerprint density at radius 2 is 1.95 bits per heavy atom. The molecule has 1 heterocycles. The average Bonchev–Trinajstić information content (AvgIpc) is 2.63. The zero-order valence-electron chi connectivity index (χ0n) is 12.3. The summed E-state index contributed by atoms with van der Waals surface area (Å²) in [5.41, 5.74) is 8.54. The summed E-state index contributed by atoms with van der Waals surface area (Å²) in [5.74, 6) is 0.163. The number of nitrogens with zero attached hydrogens (tertiary/aromatic N) is 1. The van der Waals surface area contributed by atoms with Crippen LogP contribution in [-0.4, -0.2) is 22.4 Å². The lowest BCUT2D eigenvalue weighted by atomic mass is 9.92. The summed E-state index contributed by atoms with van der Waals surface area (Å²) in [4.78, 5) is 14.2. The maximum absolute atomic E-state index is 12.3. The summed E-state index contributed by atoms with van der Waals surface area (Å²) in [5, 5.41) is 0. The van der Waals surface area contributed by atoms with Gasteiger partial charge in [0.2, 0.25) is 5.91 Å². The Labute approximate surface area is 115 Å². The Balaban J connectivity index is 2.48. The topological polar surface area (TPSA) is 46.3 Å². The minimum atomic E-state index is -0.198. The molecule has 0 spiro atoms. The summed E-state index contributed by atoms with van der Waals surface area (Å²) in [6, 6.07) is 8.21. The van der Waals surface area contributed by atoms with E-state index in [0.29, 0.717) is 6.42 Å². The Kier molecular flexibility index (Phi) is 3.68. The van der Waals surface area contributed by atoms with Crippen LogP contribution in [0, 0.1) is 0 Å². The first-order valence-corrected chi connectivity index (χ1v) is 7.01. The minimum Gasteiger partial charge on any atom is -0.329 e. The Bertz CT molecular complexity index is 476. The predicted molar refractivity (Wildman–Crippen MR) is 77.8 cm³/mol. The van der Waals surface area contributed by atoms with Gasteiger partial charge < -0.3 is 10.6 Å². The van der Waals surface area contributed by atoms with Crippen LogP contribution in [-0.2, 0) is 11.2 Å². The van der Waals surface area contributed by atoms with Crippen LogP contribution in [0.2, 0.25) is 0 Å². The van der Waals surface area contributed by atoms with Crippen molar-refractivity contribution in [3.05, 3.63) is 35.4 Å². The van der Waals surface area contributed by atoms with Gasteiger partial charge >= 0.3 is 0 Å². The summed E-state index contributed by atoms with van der Waals surface area (Å²) < 4.78 is 0. The first-order chi connectivity index (χ1) is 8.86. The van der Waals surface area contributed by atoms with Gasteiger partial charge in [-0.1, -0.05) is 31.2 Å². The maximum atomic E-state index is 12.3. The van der Waals surface area contributed by atoms with E-state index in [9.17, 15) is 4.79 Å². The van der Waals surface area contributed by atoms with Crippen LogP contribution >= 0.6 is 0 Å². The Morgan fingerprint density at radius 1 is 1.32 bits per heavy atom. The lowest BCUT2D eigenvalue weighted by molar-refractivity contribution is -0.133. The molecule has 0 saturated carbocycles. The Hall–Kier alpha value is -1.35. The van der Waals surface area contributed by atoms with Crippen molar-refractivity contribution in [3.63, 3.8) is 0 Å². The maximum Gasteiger partial charge on any atom is 0.225 e. The van der Waals surface area contributed by atoms with E-state index in [-0.39, 0.29) is 23.5 Å². The van der Waals surface area contributed by atoms with Crippen molar-refractivity contribution in [3.8, 4) is 0 Å². The van der Waals surface area contributed by atoms with E-state index in [1.165, 1.54) is 11.1 Å². The van der Waals surface area contributed by atoms with Gasteiger partial charge in [-0.2, -0.15) is 0 Å². The highest BCUT2D eigenvalue weighted by molar-refractivity contribution is 5.81. The molecule has 1 saturated heterocycles. The zero-order chi connectivity index (χ0) is 14.2. The molecule has 0 radical (unpaired) electrons. The van der Waals surface area contributed by atoms with Crippen molar-refractivity contribution in [2.24, 2.45) is 5.73 Å². The average molecular weight is 260 g/mol. The van der Waals surface area contributed by atoms with E-state index in [0.717, 1.165) is 6.42 Å². The first kappa shape index (κ1) is 14.1. The van der Waals surface area contributed by atoms with Gasteiger partial charge in [-0.15, -0.1) is 0 Å². The van der Waals surface area contributed by atoms with E-state index < -0.39 is 0 Å². The number of carbonyl (C=O) groups is 1. The lowest BCUT2D eigenvalue weighted by Crippen LogP contribution is -2.45. The van der Waals surface area contributed by atoms with Crippen molar-refractivity contribution < 1.29 is 4.79 Å². The fourth-order valence-electron chi connectivity index (χ4n) is 3.06. The van der Waals surface area contributed by atoms with E-state index >= 15 is 0 Å². The molecule has 2 rings (SSSR count). The molecular formula is C16H24N2O. The van der Waals surface area contributed by atoms with E-state index in [1.54, 1.807) is 0 Å². The molecule has 19 heavy (non-hydrogen) atoms. The number of hydrogen-bond donors (Lipinski definition) is 1. The molecule has 1 aromatic carbocycles. The van der Waals surface area contributed by atoms with Crippen molar-refractivity contribution in [2.45, 2.75) is 58.2 Å². The van der Waals surface area contributed by atoms with Crippen molar-refractivity contribution in [1.82, 2.24) is 4.90 Å². The quantitative estimate of drug-likeness (QED) is 0.888. The van der Waals surface area contributed by atoms with Gasteiger partial charge in [0.1, 0.15) is 0 Å². The van der Waals surface area contributed by atoms with Gasteiger partial charge in [-0.3, -0.25) is 4.79 Å². The number of nitrogens with two attached hydrogens (primary N) is 1. The summed E-state index contributed by atoms with van der Waals surface area (Å²) in [6.07, 6.45) is 1.41. The third-order valence-corrected chi connectivity index (χ3v) is 3.84. The van der Waals surface area contributed by atoms with Crippen LogP contribution in [0.25, 0.3) is 0 Å². The van der Waals surface area contributed by atoms with E-state index in [2.05, 4.69) is 39.8 Å². The molecule has 1 aromatic rings. The van der Waals surface area contributed by atoms with Crippen molar-refractivity contribution >= 4 is 5.91 Å². The molecule has 2 unspecified atom stereocenters. The van der Waals surface area contributed by atoms with Crippen LogP contribution in [0.1, 0.15) is 51.3 Å². The summed E-state index contributed by atoms with van der Waals surface area (Å²) >= 11 is 0. The van der Waals surface area contributed by atoms with E-state index in [4.69, 9.17) is 5.73 Å². The van der Waals surface area contributed by atoms with Gasteiger partial charge in [-0.25, -0.2) is 0 Å². The Morgan fingerprint density at radius 3 is 2.53 bits per heavy atom. The second-order valence-corrected chi connectivity index (χ2v) is 6.30. The number of hydrogen-bond acceptors (Lipinski definition) is 2. The van der Waals surface area contributed by atoms with Crippen LogP contribution in [0.3, 0.4) is 0 Å². The molecule has 3 nitrogen and oxygen atoms in total. The molecule has 1 amide bonds. The number of likely N-dealkylation sites (tertiary alicyclic amines) is 1. The summed E-state index contributed by atoms with van der Waals surface area (Å²) in [7, 11) is 0. The van der Waals surface area contributed by atoms with Gasteiger partial charge in [0.25, 0.3) is 0 Å². The third-order valence-electron chi connectivity index (χ3n) is 3.84.